The van der Waals surface area contributed by atoms with Crippen LogP contribution in [-0.2, 0) is 9.47 Å². The lowest BCUT2D eigenvalue weighted by Gasteiger charge is -2.27. The summed E-state index contributed by atoms with van der Waals surface area (Å²) in [5.74, 6) is -0.585. The van der Waals surface area contributed by atoms with E-state index in [1.54, 1.807) is 0 Å². The second-order valence-corrected chi connectivity index (χ2v) is 13.8. The molecule has 4 heteroatoms. The van der Waals surface area contributed by atoms with Gasteiger partial charge in [0.2, 0.25) is 0 Å². The number of hydrogen-bond acceptors (Lipinski definition) is 2. The zero-order valence-electron chi connectivity index (χ0n) is 20.3. The maximum absolute atomic E-state index is 6.61. The van der Waals surface area contributed by atoms with Crippen molar-refractivity contribution in [3.63, 3.8) is 0 Å². The first-order chi connectivity index (χ1) is 17.1. The molecule has 1 aliphatic rings. The fourth-order valence-electron chi connectivity index (χ4n) is 4.73. The maximum atomic E-state index is 6.61. The highest BCUT2D eigenvalue weighted by Crippen LogP contribution is 2.44. The van der Waals surface area contributed by atoms with E-state index in [0.29, 0.717) is 0 Å². The van der Waals surface area contributed by atoms with Crippen LogP contribution in [-0.4, -0.2) is 30.3 Å². The average Bonchev–Trinajstić information content (AvgIpc) is 3.20. The Balaban J connectivity index is 1.46. The Morgan fingerprint density at radius 3 is 1.00 bits per heavy atom. The molecule has 4 aromatic rings. The molecule has 1 heterocycles. The third-order valence-electron chi connectivity index (χ3n) is 6.28. The summed E-state index contributed by atoms with van der Waals surface area (Å²) in [4.78, 5) is 0. The van der Waals surface area contributed by atoms with Crippen LogP contribution in [0.1, 0.15) is 13.8 Å². The highest BCUT2D eigenvalue weighted by molar-refractivity contribution is 7.73. The summed E-state index contributed by atoms with van der Waals surface area (Å²) in [6.07, 6.45) is 1.97. The van der Waals surface area contributed by atoms with Crippen molar-refractivity contribution in [1.29, 1.82) is 0 Å². The highest BCUT2D eigenvalue weighted by Gasteiger charge is 2.43. The van der Waals surface area contributed by atoms with Crippen molar-refractivity contribution < 1.29 is 9.47 Å². The normalized spacial score (nSPS) is 19.3. The summed E-state index contributed by atoms with van der Waals surface area (Å²) in [5.41, 5.74) is 0. The molecule has 1 fully saturated rings. The summed E-state index contributed by atoms with van der Waals surface area (Å²) in [6, 6.07) is 43.6. The summed E-state index contributed by atoms with van der Waals surface area (Å²) >= 11 is 0. The second kappa shape index (κ2) is 11.2. The van der Waals surface area contributed by atoms with Gasteiger partial charge in [-0.25, -0.2) is 0 Å². The minimum atomic E-state index is -0.585. The Morgan fingerprint density at radius 1 is 0.486 bits per heavy atom. The molecule has 0 amide bonds. The van der Waals surface area contributed by atoms with Gasteiger partial charge in [-0.1, -0.05) is 121 Å². The van der Waals surface area contributed by atoms with Crippen molar-refractivity contribution in [2.75, 3.05) is 12.3 Å². The van der Waals surface area contributed by atoms with E-state index in [4.69, 9.17) is 9.47 Å². The molecular weight excluding hydrogens is 466 g/mol. The van der Waals surface area contributed by atoms with E-state index in [-0.39, 0.29) is 12.2 Å². The summed E-state index contributed by atoms with van der Waals surface area (Å²) in [6.45, 7) is 4.11. The van der Waals surface area contributed by atoms with Gasteiger partial charge in [0.25, 0.3) is 0 Å². The number of hydrogen-bond donors (Lipinski definition) is 0. The van der Waals surface area contributed by atoms with Crippen LogP contribution in [0, 0.1) is 0 Å². The molecule has 178 valence electrons. The molecule has 0 N–H and O–H groups in total. The van der Waals surface area contributed by atoms with Crippen molar-refractivity contribution >= 4 is 37.1 Å². The molecule has 35 heavy (non-hydrogen) atoms. The number of rotatable bonds is 8. The third kappa shape index (κ3) is 6.08. The Labute approximate surface area is 211 Å². The molecule has 1 unspecified atom stereocenters. The van der Waals surface area contributed by atoms with Gasteiger partial charge < -0.3 is 9.47 Å². The zero-order chi connectivity index (χ0) is 24.1. The van der Waals surface area contributed by atoms with Crippen molar-refractivity contribution in [2.24, 2.45) is 0 Å². The van der Waals surface area contributed by atoms with Gasteiger partial charge in [-0.15, -0.1) is 0 Å². The van der Waals surface area contributed by atoms with E-state index < -0.39 is 21.6 Å². The van der Waals surface area contributed by atoms with Gasteiger partial charge in [0.15, 0.2) is 5.79 Å². The van der Waals surface area contributed by atoms with Crippen LogP contribution in [0.3, 0.4) is 0 Å². The van der Waals surface area contributed by atoms with Crippen molar-refractivity contribution in [2.45, 2.75) is 31.8 Å². The Kier molecular flexibility index (Phi) is 7.76. The minimum absolute atomic E-state index is 0.0361. The number of benzene rings is 4. The molecule has 0 spiro atoms. The van der Waals surface area contributed by atoms with E-state index in [1.807, 2.05) is 0 Å². The standard InChI is InChI=1S/C31H32O2P2/c1-31(2)32-29(23-34(25-15-7-3-8-16-25)26-17-9-4-10-18-26)30(33-31)24-35(27-19-11-5-12-20-27)28-21-13-6-14-22-28/h3-22,29-30H,23-24H2,1-2H3/t29-,30?/m0/s1. The topological polar surface area (TPSA) is 18.5 Å². The Hall–Kier alpha value is -2.34. The summed E-state index contributed by atoms with van der Waals surface area (Å²) in [5, 5.41) is 5.53. The SMILES string of the molecule is CC1(C)OC(CP(c2ccccc2)c2ccccc2)[C@H](CP(c2ccccc2)c2ccccc2)O1. The molecule has 0 bridgehead atoms. The van der Waals surface area contributed by atoms with Gasteiger partial charge in [0.05, 0.1) is 12.2 Å². The molecule has 1 aliphatic heterocycles. The fourth-order valence-corrected chi connectivity index (χ4v) is 9.64. The lowest BCUT2D eigenvalue weighted by molar-refractivity contribution is -0.142. The monoisotopic (exact) mass is 498 g/mol. The first-order valence-electron chi connectivity index (χ1n) is 12.2. The van der Waals surface area contributed by atoms with Crippen LogP contribution in [0.5, 0.6) is 0 Å². The van der Waals surface area contributed by atoms with Crippen LogP contribution >= 0.6 is 15.8 Å². The number of ether oxygens (including phenoxy) is 2. The maximum Gasteiger partial charge on any atom is 0.163 e. The van der Waals surface area contributed by atoms with Crippen LogP contribution in [0.2, 0.25) is 0 Å². The van der Waals surface area contributed by atoms with Gasteiger partial charge in [0, 0.05) is 12.3 Å². The van der Waals surface area contributed by atoms with Gasteiger partial charge in [-0.2, -0.15) is 0 Å². The Bertz CT molecular complexity index is 1010. The molecule has 2 nitrogen and oxygen atoms in total. The van der Waals surface area contributed by atoms with E-state index in [0.717, 1.165) is 12.3 Å². The first kappa shape index (κ1) is 24.4. The fraction of sp³-hybridized carbons (Fsp3) is 0.226. The quantitative estimate of drug-likeness (QED) is 0.287. The van der Waals surface area contributed by atoms with E-state index in [2.05, 4.69) is 135 Å². The largest absolute Gasteiger partial charge is 0.344 e. The van der Waals surface area contributed by atoms with E-state index in [9.17, 15) is 0 Å². The zero-order valence-corrected chi connectivity index (χ0v) is 22.1. The lowest BCUT2D eigenvalue weighted by atomic mass is 10.3. The average molecular weight is 499 g/mol. The van der Waals surface area contributed by atoms with Crippen LogP contribution < -0.4 is 21.2 Å². The molecule has 1 saturated heterocycles. The van der Waals surface area contributed by atoms with Gasteiger partial charge >= 0.3 is 0 Å². The molecule has 4 aromatic carbocycles. The first-order valence-corrected chi connectivity index (χ1v) is 15.3. The lowest BCUT2D eigenvalue weighted by Crippen LogP contribution is -2.33. The second-order valence-electron chi connectivity index (χ2n) is 9.28. The van der Waals surface area contributed by atoms with Gasteiger partial charge in [-0.05, 0) is 50.9 Å². The van der Waals surface area contributed by atoms with Crippen LogP contribution in [0.25, 0.3) is 0 Å². The minimum Gasteiger partial charge on any atom is -0.344 e. The van der Waals surface area contributed by atoms with Crippen molar-refractivity contribution in [3.8, 4) is 0 Å². The smallest absolute Gasteiger partial charge is 0.163 e. The van der Waals surface area contributed by atoms with Crippen LogP contribution in [0.15, 0.2) is 121 Å². The van der Waals surface area contributed by atoms with Crippen molar-refractivity contribution in [1.82, 2.24) is 0 Å². The van der Waals surface area contributed by atoms with Crippen molar-refractivity contribution in [3.05, 3.63) is 121 Å². The molecule has 0 saturated carbocycles. The molecule has 0 radical (unpaired) electrons. The van der Waals surface area contributed by atoms with Gasteiger partial charge in [-0.3, -0.25) is 0 Å². The van der Waals surface area contributed by atoms with E-state index >= 15 is 0 Å². The van der Waals surface area contributed by atoms with Gasteiger partial charge in [0.1, 0.15) is 0 Å². The third-order valence-corrected chi connectivity index (χ3v) is 11.4. The van der Waals surface area contributed by atoms with E-state index in [1.165, 1.54) is 21.2 Å². The molecule has 2 atom stereocenters. The predicted octanol–water partition coefficient (Wildman–Crippen LogP) is 5.77. The molecule has 0 aromatic heterocycles. The predicted molar refractivity (Wildman–Crippen MR) is 152 cm³/mol. The molecular formula is C31H32O2P2. The highest BCUT2D eigenvalue weighted by atomic mass is 31.1. The Morgan fingerprint density at radius 2 is 0.743 bits per heavy atom. The summed E-state index contributed by atoms with van der Waals surface area (Å²) in [7, 11) is -1.12. The molecule has 5 rings (SSSR count). The van der Waals surface area contributed by atoms with Crippen LogP contribution in [0.4, 0.5) is 0 Å². The summed E-state index contributed by atoms with van der Waals surface area (Å²) < 4.78 is 13.2. The molecule has 0 aliphatic carbocycles.